The Labute approximate surface area is 146 Å². The maximum Gasteiger partial charge on any atom is 0.322 e. The minimum atomic E-state index is -3.83. The van der Waals surface area contributed by atoms with Crippen LogP contribution >= 0.6 is 11.6 Å². The van der Waals surface area contributed by atoms with Gasteiger partial charge in [-0.25, -0.2) is 4.39 Å². The summed E-state index contributed by atoms with van der Waals surface area (Å²) in [6.07, 6.45) is 0.357. The van der Waals surface area contributed by atoms with Gasteiger partial charge in [0.2, 0.25) is 6.29 Å². The van der Waals surface area contributed by atoms with Crippen molar-refractivity contribution in [1.29, 1.82) is 0 Å². The molecular weight excluding hydrogens is 357 g/mol. The van der Waals surface area contributed by atoms with Crippen LogP contribution in [0.5, 0.6) is 0 Å². The molecule has 0 fully saturated rings. The van der Waals surface area contributed by atoms with Gasteiger partial charge in [-0.05, 0) is 25.1 Å². The van der Waals surface area contributed by atoms with Gasteiger partial charge in [0.05, 0.1) is 17.8 Å². The number of nitrogens with zero attached hydrogens (tertiary/aromatic N) is 2. The fraction of sp³-hybridized carbons (Fsp3) is 0.353. The molecule has 1 aliphatic carbocycles. The zero-order chi connectivity index (χ0) is 18.4. The average molecular weight is 373 g/mol. The van der Waals surface area contributed by atoms with Crippen molar-refractivity contribution in [3.63, 3.8) is 0 Å². The Morgan fingerprint density at radius 3 is 2.72 bits per heavy atom. The Kier molecular flexibility index (Phi) is 4.66. The van der Waals surface area contributed by atoms with Crippen LogP contribution in [0.2, 0.25) is 0 Å². The zero-order valence-electron chi connectivity index (χ0n) is 13.2. The molecule has 1 aromatic carbocycles. The van der Waals surface area contributed by atoms with Gasteiger partial charge in [-0.1, -0.05) is 29.8 Å². The number of aryl methyl sites for hydroxylation is 1. The van der Waals surface area contributed by atoms with E-state index in [1.54, 1.807) is 13.0 Å². The molecule has 0 spiro atoms. The predicted octanol–water partition coefficient (Wildman–Crippen LogP) is 3.39. The molecular formula is C17H16ClF3N2O2. The first-order chi connectivity index (χ1) is 11.7. The predicted molar refractivity (Wildman–Crippen MR) is 88.1 cm³/mol. The topological polar surface area (TPSA) is 58.3 Å². The summed E-state index contributed by atoms with van der Waals surface area (Å²) >= 11 is 6.07. The molecule has 4 nitrogen and oxygen atoms in total. The van der Waals surface area contributed by atoms with E-state index in [2.05, 4.69) is 5.10 Å². The van der Waals surface area contributed by atoms with E-state index in [-0.39, 0.29) is 6.54 Å². The van der Waals surface area contributed by atoms with Crippen molar-refractivity contribution in [1.82, 2.24) is 9.78 Å². The van der Waals surface area contributed by atoms with E-state index in [1.807, 2.05) is 0 Å². The number of fused-ring (bicyclic) bond motifs is 1. The van der Waals surface area contributed by atoms with Gasteiger partial charge in [0, 0.05) is 21.9 Å². The minimum absolute atomic E-state index is 0.0713. The van der Waals surface area contributed by atoms with Gasteiger partial charge in [0.1, 0.15) is 6.17 Å². The molecule has 1 aromatic heterocycles. The van der Waals surface area contributed by atoms with Crippen LogP contribution in [0.15, 0.2) is 41.5 Å². The quantitative estimate of drug-likeness (QED) is 0.809. The molecule has 0 saturated carbocycles. The minimum Gasteiger partial charge on any atom is -0.363 e. The van der Waals surface area contributed by atoms with Crippen LogP contribution in [-0.2, 0) is 12.5 Å². The summed E-state index contributed by atoms with van der Waals surface area (Å²) in [4.78, 5) is 0. The fourth-order valence-corrected chi connectivity index (χ4v) is 3.14. The molecule has 0 aliphatic heterocycles. The average Bonchev–Trinajstić information content (AvgIpc) is 2.86. The number of allylic oxidation sites excluding steroid dienone is 4. The van der Waals surface area contributed by atoms with Crippen LogP contribution < -0.4 is 0 Å². The zero-order valence-corrected chi connectivity index (χ0v) is 14.0. The summed E-state index contributed by atoms with van der Waals surface area (Å²) in [5.41, 5.74) is 0.385. The van der Waals surface area contributed by atoms with Gasteiger partial charge in [0.15, 0.2) is 0 Å². The third-order valence-electron chi connectivity index (χ3n) is 4.30. The van der Waals surface area contributed by atoms with Crippen LogP contribution in [0.25, 0.3) is 10.9 Å². The Balaban J connectivity index is 2.04. The highest BCUT2D eigenvalue weighted by atomic mass is 35.5. The van der Waals surface area contributed by atoms with Crippen LogP contribution in [-0.4, -0.2) is 32.5 Å². The fourth-order valence-electron chi connectivity index (χ4n) is 2.87. The highest BCUT2D eigenvalue weighted by Gasteiger charge is 2.40. The lowest BCUT2D eigenvalue weighted by Crippen LogP contribution is -2.30. The van der Waals surface area contributed by atoms with Crippen molar-refractivity contribution in [2.45, 2.75) is 31.9 Å². The van der Waals surface area contributed by atoms with Crippen molar-refractivity contribution in [2.75, 3.05) is 0 Å². The Bertz CT molecular complexity index is 861. The van der Waals surface area contributed by atoms with E-state index in [0.29, 0.717) is 21.6 Å². The number of aliphatic hydroxyl groups is 2. The Morgan fingerprint density at radius 2 is 2.08 bits per heavy atom. The molecule has 2 N–H and O–H groups in total. The lowest BCUT2D eigenvalue weighted by atomic mass is 9.98. The van der Waals surface area contributed by atoms with Gasteiger partial charge in [-0.3, -0.25) is 4.68 Å². The second-order valence-corrected chi connectivity index (χ2v) is 6.42. The molecule has 1 heterocycles. The summed E-state index contributed by atoms with van der Waals surface area (Å²) in [7, 11) is 0. The molecule has 2 atom stereocenters. The van der Waals surface area contributed by atoms with Gasteiger partial charge in [-0.2, -0.15) is 13.9 Å². The molecule has 25 heavy (non-hydrogen) atoms. The number of rotatable bonds is 4. The van der Waals surface area contributed by atoms with Crippen molar-refractivity contribution in [2.24, 2.45) is 5.92 Å². The SMILES string of the molecule is Cc1nn(CC2C(Cl)=CC=CC2F)c2cc(C(F)(F)C(O)O)ccc12. The third kappa shape index (κ3) is 3.19. The second-order valence-electron chi connectivity index (χ2n) is 5.98. The van der Waals surface area contributed by atoms with Crippen LogP contribution in [0.3, 0.4) is 0 Å². The van der Waals surface area contributed by atoms with E-state index in [9.17, 15) is 13.2 Å². The number of aliphatic hydroxyl groups excluding tert-OH is 1. The van der Waals surface area contributed by atoms with E-state index >= 15 is 0 Å². The van der Waals surface area contributed by atoms with Gasteiger partial charge >= 0.3 is 5.92 Å². The summed E-state index contributed by atoms with van der Waals surface area (Å²) in [5.74, 6) is -4.49. The molecule has 8 heteroatoms. The van der Waals surface area contributed by atoms with Crippen molar-refractivity contribution < 1.29 is 23.4 Å². The number of hydrogen-bond acceptors (Lipinski definition) is 3. The summed E-state index contributed by atoms with van der Waals surface area (Å²) < 4.78 is 43.3. The smallest absolute Gasteiger partial charge is 0.322 e. The number of benzene rings is 1. The van der Waals surface area contributed by atoms with Crippen molar-refractivity contribution in [3.8, 4) is 0 Å². The molecule has 134 valence electrons. The molecule has 0 saturated heterocycles. The summed E-state index contributed by atoms with van der Waals surface area (Å²) in [6, 6.07) is 3.69. The van der Waals surface area contributed by atoms with Crippen molar-refractivity contribution in [3.05, 3.63) is 52.7 Å². The van der Waals surface area contributed by atoms with Crippen LogP contribution in [0, 0.1) is 12.8 Å². The van der Waals surface area contributed by atoms with E-state index < -0.39 is 29.9 Å². The van der Waals surface area contributed by atoms with Crippen LogP contribution in [0.1, 0.15) is 11.3 Å². The number of halogens is 4. The van der Waals surface area contributed by atoms with E-state index in [1.165, 1.54) is 22.9 Å². The summed E-state index contributed by atoms with van der Waals surface area (Å²) in [5, 5.41) is 23.1. The standard InChI is InChI=1S/C17H16ClF3N2O2/c1-9-11-6-5-10(17(20,21)16(24)25)7-15(11)23(22-9)8-12-13(18)3-2-4-14(12)19/h2-7,12,14,16,24-25H,8H2,1H3. The molecule has 0 bridgehead atoms. The van der Waals surface area contributed by atoms with E-state index in [4.69, 9.17) is 21.8 Å². The largest absolute Gasteiger partial charge is 0.363 e. The monoisotopic (exact) mass is 372 g/mol. The van der Waals surface area contributed by atoms with Crippen LogP contribution in [0.4, 0.5) is 13.2 Å². The highest BCUT2D eigenvalue weighted by Crippen LogP contribution is 2.34. The first-order valence-corrected chi connectivity index (χ1v) is 7.99. The first kappa shape index (κ1) is 18.0. The lowest BCUT2D eigenvalue weighted by Gasteiger charge is -2.22. The number of hydrogen-bond donors (Lipinski definition) is 2. The third-order valence-corrected chi connectivity index (χ3v) is 4.71. The number of alkyl halides is 3. The first-order valence-electron chi connectivity index (χ1n) is 7.61. The molecule has 0 amide bonds. The van der Waals surface area contributed by atoms with E-state index in [0.717, 1.165) is 12.1 Å². The maximum absolute atomic E-state index is 14.1. The van der Waals surface area contributed by atoms with Gasteiger partial charge in [-0.15, -0.1) is 0 Å². The highest BCUT2D eigenvalue weighted by molar-refractivity contribution is 6.30. The molecule has 1 aliphatic rings. The van der Waals surface area contributed by atoms with Gasteiger partial charge in [0.25, 0.3) is 0 Å². The summed E-state index contributed by atoms with van der Waals surface area (Å²) in [6.45, 7) is 1.78. The Hall–Kier alpha value is -1.83. The second kappa shape index (κ2) is 6.48. The normalized spacial score (nSPS) is 21.2. The molecule has 3 rings (SSSR count). The molecule has 2 unspecified atom stereocenters. The molecule has 0 radical (unpaired) electrons. The maximum atomic E-state index is 14.1. The Morgan fingerprint density at radius 1 is 1.36 bits per heavy atom. The molecule has 2 aromatic rings. The van der Waals surface area contributed by atoms with Crippen molar-refractivity contribution >= 4 is 22.5 Å². The number of aromatic nitrogens is 2. The van der Waals surface area contributed by atoms with Gasteiger partial charge < -0.3 is 10.2 Å². The lowest BCUT2D eigenvalue weighted by molar-refractivity contribution is -0.214.